The molecule has 1 unspecified atom stereocenters. The van der Waals surface area contributed by atoms with Crippen LogP contribution in [0.15, 0.2) is 35.2 Å². The van der Waals surface area contributed by atoms with Crippen LogP contribution in [0.4, 0.5) is 0 Å². The Morgan fingerprint density at radius 3 is 2.75 bits per heavy atom. The van der Waals surface area contributed by atoms with Gasteiger partial charge in [0, 0.05) is 29.0 Å². The molecule has 0 aliphatic carbocycles. The third-order valence-electron chi connectivity index (χ3n) is 2.09. The van der Waals surface area contributed by atoms with Gasteiger partial charge in [-0.1, -0.05) is 25.1 Å². The highest BCUT2D eigenvalue weighted by Gasteiger charge is 2.09. The van der Waals surface area contributed by atoms with Gasteiger partial charge in [0.05, 0.1) is 0 Å². The minimum absolute atomic E-state index is 0.0312. The second-order valence-electron chi connectivity index (χ2n) is 3.51. The largest absolute Gasteiger partial charge is 0.355 e. The van der Waals surface area contributed by atoms with Crippen molar-refractivity contribution >= 4 is 29.3 Å². The van der Waals surface area contributed by atoms with Gasteiger partial charge in [0.25, 0.3) is 0 Å². The molecule has 0 aromatic heterocycles. The Morgan fingerprint density at radius 1 is 1.44 bits per heavy atom. The standard InChI is InChI=1S/C12H16ClNOS/c1-10(9-13)12(15)14-7-8-16-11-5-3-2-4-6-11/h2-6,10H,7-9H2,1H3,(H,14,15). The minimum atomic E-state index is -0.108. The molecule has 0 aliphatic rings. The maximum atomic E-state index is 11.4. The van der Waals surface area contributed by atoms with Gasteiger partial charge in [0.1, 0.15) is 0 Å². The van der Waals surface area contributed by atoms with Crippen LogP contribution in [0.1, 0.15) is 6.92 Å². The lowest BCUT2D eigenvalue weighted by Crippen LogP contribution is -2.31. The molecular weight excluding hydrogens is 242 g/mol. The van der Waals surface area contributed by atoms with Crippen molar-refractivity contribution < 1.29 is 4.79 Å². The Balaban J connectivity index is 2.15. The molecule has 1 rings (SSSR count). The summed E-state index contributed by atoms with van der Waals surface area (Å²) >= 11 is 7.32. The fraction of sp³-hybridized carbons (Fsp3) is 0.417. The summed E-state index contributed by atoms with van der Waals surface area (Å²) in [4.78, 5) is 12.6. The number of halogens is 1. The van der Waals surface area contributed by atoms with Gasteiger partial charge in [-0.05, 0) is 12.1 Å². The number of hydrogen-bond acceptors (Lipinski definition) is 2. The van der Waals surface area contributed by atoms with Crippen LogP contribution in [0.2, 0.25) is 0 Å². The second kappa shape index (κ2) is 7.58. The number of thioether (sulfide) groups is 1. The number of rotatable bonds is 6. The van der Waals surface area contributed by atoms with Gasteiger partial charge in [-0.2, -0.15) is 0 Å². The number of benzene rings is 1. The average Bonchev–Trinajstić information content (AvgIpc) is 2.34. The Bertz CT molecular complexity index is 318. The van der Waals surface area contributed by atoms with Gasteiger partial charge in [0.15, 0.2) is 0 Å². The van der Waals surface area contributed by atoms with Crippen LogP contribution in [0.25, 0.3) is 0 Å². The van der Waals surface area contributed by atoms with E-state index in [9.17, 15) is 4.79 Å². The third-order valence-corrected chi connectivity index (χ3v) is 3.57. The van der Waals surface area contributed by atoms with E-state index in [1.807, 2.05) is 25.1 Å². The van der Waals surface area contributed by atoms with Crippen molar-refractivity contribution in [1.29, 1.82) is 0 Å². The van der Waals surface area contributed by atoms with Crippen LogP contribution in [-0.4, -0.2) is 24.1 Å². The van der Waals surface area contributed by atoms with Crippen LogP contribution >= 0.6 is 23.4 Å². The van der Waals surface area contributed by atoms with Crippen molar-refractivity contribution in [2.45, 2.75) is 11.8 Å². The Kier molecular flexibility index (Phi) is 6.34. The van der Waals surface area contributed by atoms with Gasteiger partial charge in [-0.3, -0.25) is 4.79 Å². The van der Waals surface area contributed by atoms with Crippen molar-refractivity contribution in [1.82, 2.24) is 5.32 Å². The zero-order chi connectivity index (χ0) is 11.8. The van der Waals surface area contributed by atoms with E-state index in [4.69, 9.17) is 11.6 Å². The van der Waals surface area contributed by atoms with Gasteiger partial charge in [-0.25, -0.2) is 0 Å². The van der Waals surface area contributed by atoms with Crippen LogP contribution < -0.4 is 5.32 Å². The number of carbonyl (C=O) groups is 1. The van der Waals surface area contributed by atoms with Gasteiger partial charge < -0.3 is 5.32 Å². The zero-order valence-electron chi connectivity index (χ0n) is 9.28. The number of nitrogens with one attached hydrogen (secondary N) is 1. The first-order valence-corrected chi connectivity index (χ1v) is 6.77. The fourth-order valence-corrected chi connectivity index (χ4v) is 2.03. The summed E-state index contributed by atoms with van der Waals surface area (Å²) < 4.78 is 0. The lowest BCUT2D eigenvalue weighted by Gasteiger charge is -2.08. The normalized spacial score (nSPS) is 12.1. The van der Waals surface area contributed by atoms with Gasteiger partial charge in [-0.15, -0.1) is 23.4 Å². The summed E-state index contributed by atoms with van der Waals surface area (Å²) in [6.07, 6.45) is 0. The quantitative estimate of drug-likeness (QED) is 0.482. The predicted octanol–water partition coefficient (Wildman–Crippen LogP) is 2.77. The van der Waals surface area contributed by atoms with E-state index in [0.29, 0.717) is 12.4 Å². The summed E-state index contributed by atoms with van der Waals surface area (Å²) in [7, 11) is 0. The van der Waals surface area contributed by atoms with Crippen molar-refractivity contribution in [2.75, 3.05) is 18.2 Å². The maximum absolute atomic E-state index is 11.4. The van der Waals surface area contributed by atoms with Crippen LogP contribution in [0.5, 0.6) is 0 Å². The molecule has 1 N–H and O–H groups in total. The van der Waals surface area contributed by atoms with Gasteiger partial charge in [0.2, 0.25) is 5.91 Å². The lowest BCUT2D eigenvalue weighted by atomic mass is 10.2. The zero-order valence-corrected chi connectivity index (χ0v) is 10.9. The average molecular weight is 258 g/mol. The molecule has 0 heterocycles. The smallest absolute Gasteiger partial charge is 0.224 e. The molecule has 4 heteroatoms. The number of alkyl halides is 1. The fourth-order valence-electron chi connectivity index (χ4n) is 1.10. The summed E-state index contributed by atoms with van der Waals surface area (Å²) in [5, 5.41) is 2.86. The number of carbonyl (C=O) groups excluding carboxylic acids is 1. The number of amides is 1. The van der Waals surface area contributed by atoms with Crippen LogP contribution in [0, 0.1) is 5.92 Å². The lowest BCUT2D eigenvalue weighted by molar-refractivity contribution is -0.123. The summed E-state index contributed by atoms with van der Waals surface area (Å²) in [6.45, 7) is 2.51. The predicted molar refractivity (Wildman–Crippen MR) is 70.1 cm³/mol. The molecule has 0 spiro atoms. The van der Waals surface area contributed by atoms with Crippen LogP contribution in [0.3, 0.4) is 0 Å². The van der Waals surface area contributed by atoms with Gasteiger partial charge >= 0.3 is 0 Å². The van der Waals surface area contributed by atoms with E-state index in [1.165, 1.54) is 4.90 Å². The highest BCUT2D eigenvalue weighted by atomic mass is 35.5. The van der Waals surface area contributed by atoms with Crippen molar-refractivity contribution in [2.24, 2.45) is 5.92 Å². The maximum Gasteiger partial charge on any atom is 0.224 e. The summed E-state index contributed by atoms with van der Waals surface area (Å²) in [5.41, 5.74) is 0. The first-order valence-electron chi connectivity index (χ1n) is 5.25. The highest BCUT2D eigenvalue weighted by molar-refractivity contribution is 7.99. The van der Waals surface area contributed by atoms with Crippen molar-refractivity contribution in [3.8, 4) is 0 Å². The molecule has 1 atom stereocenters. The Labute approximate surface area is 106 Å². The molecule has 2 nitrogen and oxygen atoms in total. The van der Waals surface area contributed by atoms with E-state index < -0.39 is 0 Å². The molecule has 0 saturated carbocycles. The highest BCUT2D eigenvalue weighted by Crippen LogP contribution is 2.15. The molecule has 88 valence electrons. The molecule has 0 aliphatic heterocycles. The first-order chi connectivity index (χ1) is 7.74. The molecule has 0 radical (unpaired) electrons. The minimum Gasteiger partial charge on any atom is -0.355 e. The molecule has 1 amide bonds. The third kappa shape index (κ3) is 4.90. The summed E-state index contributed by atoms with van der Waals surface area (Å²) in [6, 6.07) is 10.1. The molecule has 1 aromatic rings. The number of hydrogen-bond donors (Lipinski definition) is 1. The monoisotopic (exact) mass is 257 g/mol. The molecule has 0 bridgehead atoms. The van der Waals surface area contributed by atoms with E-state index in [2.05, 4.69) is 17.4 Å². The van der Waals surface area contributed by atoms with E-state index >= 15 is 0 Å². The van der Waals surface area contributed by atoms with E-state index in [1.54, 1.807) is 11.8 Å². The molecular formula is C12H16ClNOS. The van der Waals surface area contributed by atoms with Crippen molar-refractivity contribution in [3.63, 3.8) is 0 Å². The van der Waals surface area contributed by atoms with Crippen LogP contribution in [-0.2, 0) is 4.79 Å². The SMILES string of the molecule is CC(CCl)C(=O)NCCSc1ccccc1. The molecule has 0 fully saturated rings. The second-order valence-corrected chi connectivity index (χ2v) is 4.98. The Hall–Kier alpha value is -0.670. The topological polar surface area (TPSA) is 29.1 Å². The first kappa shape index (κ1) is 13.4. The van der Waals surface area contributed by atoms with Crippen molar-refractivity contribution in [3.05, 3.63) is 30.3 Å². The summed E-state index contributed by atoms with van der Waals surface area (Å²) in [5.74, 6) is 1.18. The molecule has 16 heavy (non-hydrogen) atoms. The van der Waals surface area contributed by atoms with E-state index in [0.717, 1.165) is 5.75 Å². The molecule has 0 saturated heterocycles. The molecule has 1 aromatic carbocycles. The van der Waals surface area contributed by atoms with E-state index in [-0.39, 0.29) is 11.8 Å². The Morgan fingerprint density at radius 2 is 2.12 bits per heavy atom.